The number of piperazine rings is 1. The van der Waals surface area contributed by atoms with Gasteiger partial charge in [-0.05, 0) is 43.4 Å². The Hall–Kier alpha value is -0.730. The van der Waals surface area contributed by atoms with Crippen LogP contribution in [-0.2, 0) is 0 Å². The molecule has 1 aliphatic heterocycles. The molecule has 1 atom stereocenters. The van der Waals surface area contributed by atoms with Gasteiger partial charge in [0.15, 0.2) is 0 Å². The van der Waals surface area contributed by atoms with Gasteiger partial charge in [-0.15, -0.1) is 0 Å². The molecule has 1 aromatic rings. The third-order valence-corrected chi connectivity index (χ3v) is 5.17. The van der Waals surface area contributed by atoms with E-state index in [4.69, 9.17) is 11.6 Å². The molecule has 0 spiro atoms. The number of halogens is 1. The van der Waals surface area contributed by atoms with Crippen LogP contribution in [-0.4, -0.2) is 25.7 Å². The molecule has 3 heteroatoms. The fourth-order valence-corrected chi connectivity index (χ4v) is 3.94. The number of hydrogen-bond acceptors (Lipinski definition) is 2. The predicted octanol–water partition coefficient (Wildman–Crippen LogP) is 4.01. The summed E-state index contributed by atoms with van der Waals surface area (Å²) in [4.78, 5) is 2.52. The van der Waals surface area contributed by atoms with Crippen LogP contribution in [0.2, 0.25) is 5.02 Å². The molecule has 110 valence electrons. The van der Waals surface area contributed by atoms with E-state index in [1.807, 2.05) is 6.07 Å². The van der Waals surface area contributed by atoms with Gasteiger partial charge in [-0.2, -0.15) is 0 Å². The molecule has 1 heterocycles. The summed E-state index contributed by atoms with van der Waals surface area (Å²) in [6.07, 6.45) is 7.07. The molecule has 0 aromatic heterocycles. The molecule has 1 saturated carbocycles. The van der Waals surface area contributed by atoms with Gasteiger partial charge in [-0.1, -0.05) is 36.9 Å². The zero-order valence-corrected chi connectivity index (χ0v) is 13.1. The molecule has 2 nitrogen and oxygen atoms in total. The van der Waals surface area contributed by atoms with Gasteiger partial charge in [0.2, 0.25) is 0 Å². The van der Waals surface area contributed by atoms with E-state index in [1.165, 1.54) is 43.4 Å². The molecule has 0 bridgehead atoms. The number of hydrogen-bond donors (Lipinski definition) is 1. The molecule has 3 rings (SSSR count). The lowest BCUT2D eigenvalue weighted by atomic mass is 9.83. The van der Waals surface area contributed by atoms with Crippen LogP contribution in [0.4, 0.5) is 5.69 Å². The minimum Gasteiger partial charge on any atom is -0.368 e. The standard InChI is InChI=1S/C17H25ClN2/c1-13-7-8-15(18)11-17(13)20-10-9-19-16(12-20)14-5-3-2-4-6-14/h7-8,11,14,16,19H,2-6,9-10,12H2,1H3. The highest BCUT2D eigenvalue weighted by molar-refractivity contribution is 6.30. The van der Waals surface area contributed by atoms with Crippen molar-refractivity contribution in [1.82, 2.24) is 5.32 Å². The maximum Gasteiger partial charge on any atom is 0.0426 e. The summed E-state index contributed by atoms with van der Waals surface area (Å²) in [6, 6.07) is 6.90. The van der Waals surface area contributed by atoms with Crippen molar-refractivity contribution in [1.29, 1.82) is 0 Å². The molecule has 2 fully saturated rings. The summed E-state index contributed by atoms with van der Waals surface area (Å²) < 4.78 is 0. The van der Waals surface area contributed by atoms with E-state index < -0.39 is 0 Å². The first-order valence-corrected chi connectivity index (χ1v) is 8.36. The molecule has 1 aliphatic carbocycles. The van der Waals surface area contributed by atoms with E-state index in [1.54, 1.807) is 0 Å². The number of benzene rings is 1. The minimum atomic E-state index is 0.655. The van der Waals surface area contributed by atoms with Crippen molar-refractivity contribution in [2.75, 3.05) is 24.5 Å². The second-order valence-corrected chi connectivity index (χ2v) is 6.77. The maximum absolute atomic E-state index is 6.18. The third-order valence-electron chi connectivity index (χ3n) is 4.94. The van der Waals surface area contributed by atoms with Crippen molar-refractivity contribution < 1.29 is 0 Å². The molecule has 1 saturated heterocycles. The highest BCUT2D eigenvalue weighted by atomic mass is 35.5. The highest BCUT2D eigenvalue weighted by Crippen LogP contribution is 2.30. The zero-order chi connectivity index (χ0) is 13.9. The quantitative estimate of drug-likeness (QED) is 0.886. The maximum atomic E-state index is 6.18. The fraction of sp³-hybridized carbons (Fsp3) is 0.647. The summed E-state index contributed by atoms with van der Waals surface area (Å²) in [5.41, 5.74) is 2.65. The predicted molar refractivity (Wildman–Crippen MR) is 86.8 cm³/mol. The lowest BCUT2D eigenvalue weighted by molar-refractivity contribution is 0.257. The Morgan fingerprint density at radius 1 is 1.20 bits per heavy atom. The SMILES string of the molecule is Cc1ccc(Cl)cc1N1CCNC(C2CCCCC2)C1. The first-order valence-electron chi connectivity index (χ1n) is 7.98. The van der Waals surface area contributed by atoms with E-state index in [2.05, 4.69) is 29.3 Å². The topological polar surface area (TPSA) is 15.3 Å². The van der Waals surface area contributed by atoms with Crippen molar-refractivity contribution in [2.45, 2.75) is 45.1 Å². The van der Waals surface area contributed by atoms with Gasteiger partial charge in [-0.3, -0.25) is 0 Å². The fourth-order valence-electron chi connectivity index (χ4n) is 3.77. The largest absolute Gasteiger partial charge is 0.368 e. The van der Waals surface area contributed by atoms with Crippen LogP contribution >= 0.6 is 11.6 Å². The molecular formula is C17H25ClN2. The third kappa shape index (κ3) is 3.12. The van der Waals surface area contributed by atoms with Crippen molar-refractivity contribution in [3.8, 4) is 0 Å². The summed E-state index contributed by atoms with van der Waals surface area (Å²) in [7, 11) is 0. The Balaban J connectivity index is 1.72. The van der Waals surface area contributed by atoms with E-state index in [9.17, 15) is 0 Å². The lowest BCUT2D eigenvalue weighted by Gasteiger charge is -2.40. The Kier molecular flexibility index (Phi) is 4.52. The van der Waals surface area contributed by atoms with Gasteiger partial charge in [0.25, 0.3) is 0 Å². The second-order valence-electron chi connectivity index (χ2n) is 6.34. The smallest absolute Gasteiger partial charge is 0.0426 e. The van der Waals surface area contributed by atoms with Crippen molar-refractivity contribution >= 4 is 17.3 Å². The molecule has 1 unspecified atom stereocenters. The van der Waals surface area contributed by atoms with Crippen LogP contribution in [0.25, 0.3) is 0 Å². The average molecular weight is 293 g/mol. The molecule has 0 amide bonds. The Morgan fingerprint density at radius 2 is 2.00 bits per heavy atom. The number of rotatable bonds is 2. The first-order chi connectivity index (χ1) is 9.74. The number of nitrogens with one attached hydrogen (secondary N) is 1. The van der Waals surface area contributed by atoms with Crippen LogP contribution in [0.1, 0.15) is 37.7 Å². The summed E-state index contributed by atoms with van der Waals surface area (Å²) in [5, 5.41) is 4.59. The van der Waals surface area contributed by atoms with E-state index >= 15 is 0 Å². The van der Waals surface area contributed by atoms with Gasteiger partial charge < -0.3 is 10.2 Å². The molecule has 20 heavy (non-hydrogen) atoms. The van der Waals surface area contributed by atoms with Gasteiger partial charge in [0, 0.05) is 36.4 Å². The lowest BCUT2D eigenvalue weighted by Crippen LogP contribution is -2.54. The number of aryl methyl sites for hydroxylation is 1. The Morgan fingerprint density at radius 3 is 2.80 bits per heavy atom. The van der Waals surface area contributed by atoms with Crippen LogP contribution < -0.4 is 10.2 Å². The van der Waals surface area contributed by atoms with Gasteiger partial charge in [0.05, 0.1) is 0 Å². The molecule has 2 aliphatic rings. The van der Waals surface area contributed by atoms with Crippen LogP contribution in [0.15, 0.2) is 18.2 Å². The van der Waals surface area contributed by atoms with Gasteiger partial charge in [-0.25, -0.2) is 0 Å². The Bertz CT molecular complexity index is 454. The zero-order valence-electron chi connectivity index (χ0n) is 12.4. The first kappa shape index (κ1) is 14.2. The number of nitrogens with zero attached hydrogens (tertiary/aromatic N) is 1. The van der Waals surface area contributed by atoms with E-state index in [-0.39, 0.29) is 0 Å². The van der Waals surface area contributed by atoms with Crippen LogP contribution in [0.3, 0.4) is 0 Å². The summed E-state index contributed by atoms with van der Waals surface area (Å²) in [5.74, 6) is 0.867. The van der Waals surface area contributed by atoms with Crippen molar-refractivity contribution in [3.05, 3.63) is 28.8 Å². The van der Waals surface area contributed by atoms with Crippen molar-refractivity contribution in [3.63, 3.8) is 0 Å². The van der Waals surface area contributed by atoms with Gasteiger partial charge in [0.1, 0.15) is 0 Å². The van der Waals surface area contributed by atoms with Crippen LogP contribution in [0, 0.1) is 12.8 Å². The normalized spacial score (nSPS) is 24.9. The minimum absolute atomic E-state index is 0.655. The average Bonchev–Trinajstić information content (AvgIpc) is 2.51. The Labute approximate surface area is 127 Å². The van der Waals surface area contributed by atoms with E-state index in [0.717, 1.165) is 30.6 Å². The highest BCUT2D eigenvalue weighted by Gasteiger charge is 2.28. The van der Waals surface area contributed by atoms with E-state index in [0.29, 0.717) is 6.04 Å². The molecule has 1 N–H and O–H groups in total. The van der Waals surface area contributed by atoms with Crippen molar-refractivity contribution in [2.24, 2.45) is 5.92 Å². The summed E-state index contributed by atoms with van der Waals surface area (Å²) >= 11 is 6.18. The number of anilines is 1. The van der Waals surface area contributed by atoms with Crippen LogP contribution in [0.5, 0.6) is 0 Å². The monoisotopic (exact) mass is 292 g/mol. The molecule has 1 aromatic carbocycles. The summed E-state index contributed by atoms with van der Waals surface area (Å²) in [6.45, 7) is 5.49. The second kappa shape index (κ2) is 6.36. The molecule has 0 radical (unpaired) electrons. The molecular weight excluding hydrogens is 268 g/mol. The van der Waals surface area contributed by atoms with Gasteiger partial charge >= 0.3 is 0 Å².